The number of pyridine rings is 1. The fraction of sp³-hybridized carbons (Fsp3) is 0.636. The highest BCUT2D eigenvalue weighted by atomic mass is 32.2. The molecule has 4 rings (SSSR count). The molecular formula is C22H33N5O3S. The third-order valence-corrected chi connectivity index (χ3v) is 8.74. The van der Waals surface area contributed by atoms with Crippen LogP contribution in [0.25, 0.3) is 0 Å². The molecule has 2 aliphatic carbocycles. The van der Waals surface area contributed by atoms with Crippen LogP contribution in [-0.2, 0) is 10.0 Å². The summed E-state index contributed by atoms with van der Waals surface area (Å²) in [6.45, 7) is 0.159. The minimum atomic E-state index is -3.54. The zero-order valence-corrected chi connectivity index (χ0v) is 18.8. The molecule has 0 bridgehead atoms. The van der Waals surface area contributed by atoms with Crippen molar-refractivity contribution in [1.82, 2.24) is 15.2 Å². The van der Waals surface area contributed by atoms with Crippen LogP contribution in [0.15, 0.2) is 24.3 Å². The highest BCUT2D eigenvalue weighted by Gasteiger charge is 2.33. The molecule has 170 valence electrons. The van der Waals surface area contributed by atoms with Gasteiger partial charge in [-0.15, -0.1) is 0 Å². The van der Waals surface area contributed by atoms with Gasteiger partial charge in [0.2, 0.25) is 10.0 Å². The first-order valence-electron chi connectivity index (χ1n) is 11.5. The Balaban J connectivity index is 1.53. The van der Waals surface area contributed by atoms with Crippen molar-refractivity contribution in [3.05, 3.63) is 30.0 Å². The predicted octanol–water partition coefficient (Wildman–Crippen LogP) is 4.06. The van der Waals surface area contributed by atoms with E-state index in [1.54, 1.807) is 12.1 Å². The number of anilines is 3. The Hall–Kier alpha value is -2.13. The van der Waals surface area contributed by atoms with Crippen LogP contribution in [0.1, 0.15) is 75.8 Å². The van der Waals surface area contributed by atoms with E-state index in [9.17, 15) is 13.5 Å². The maximum absolute atomic E-state index is 13.4. The lowest BCUT2D eigenvalue weighted by Crippen LogP contribution is -2.41. The van der Waals surface area contributed by atoms with Crippen molar-refractivity contribution in [2.24, 2.45) is 0 Å². The van der Waals surface area contributed by atoms with Gasteiger partial charge < -0.3 is 10.4 Å². The Morgan fingerprint density at radius 1 is 1.06 bits per heavy atom. The molecule has 0 radical (unpaired) electrons. The van der Waals surface area contributed by atoms with Crippen molar-refractivity contribution in [3.8, 4) is 0 Å². The van der Waals surface area contributed by atoms with Crippen LogP contribution in [0.2, 0.25) is 0 Å². The fourth-order valence-corrected chi connectivity index (χ4v) is 6.77. The summed E-state index contributed by atoms with van der Waals surface area (Å²) in [5, 5.41) is 19.6. The van der Waals surface area contributed by atoms with E-state index in [1.807, 2.05) is 12.1 Å². The Morgan fingerprint density at radius 2 is 1.81 bits per heavy atom. The maximum Gasteiger partial charge on any atom is 0.239 e. The van der Waals surface area contributed by atoms with E-state index in [0.29, 0.717) is 42.6 Å². The van der Waals surface area contributed by atoms with Gasteiger partial charge in [0.25, 0.3) is 0 Å². The number of nitrogens with zero attached hydrogens (tertiary/aromatic N) is 3. The third-order valence-electron chi connectivity index (χ3n) is 6.44. The van der Waals surface area contributed by atoms with Crippen LogP contribution in [0, 0.1) is 0 Å². The van der Waals surface area contributed by atoms with Gasteiger partial charge in [-0.1, -0.05) is 38.2 Å². The second-order valence-corrected chi connectivity index (χ2v) is 10.8. The summed E-state index contributed by atoms with van der Waals surface area (Å²) < 4.78 is 28.1. The second kappa shape index (κ2) is 9.99. The Kier molecular flexibility index (Phi) is 7.12. The predicted molar refractivity (Wildman–Crippen MR) is 122 cm³/mol. The molecule has 0 unspecified atom stereocenters. The summed E-state index contributed by atoms with van der Waals surface area (Å²) >= 11 is 0. The highest BCUT2D eigenvalue weighted by molar-refractivity contribution is 7.93. The minimum Gasteiger partial charge on any atom is -0.396 e. The molecule has 0 spiro atoms. The number of nitrogens with one attached hydrogen (secondary N) is 2. The molecule has 31 heavy (non-hydrogen) atoms. The lowest BCUT2D eigenvalue weighted by Gasteiger charge is -2.30. The van der Waals surface area contributed by atoms with Crippen molar-refractivity contribution >= 4 is 27.5 Å². The first-order valence-corrected chi connectivity index (χ1v) is 13.0. The Morgan fingerprint density at radius 3 is 2.55 bits per heavy atom. The average molecular weight is 448 g/mol. The molecule has 2 aromatic rings. The number of H-pyrrole nitrogens is 1. The van der Waals surface area contributed by atoms with Gasteiger partial charge in [-0.25, -0.2) is 13.4 Å². The van der Waals surface area contributed by atoms with E-state index in [2.05, 4.69) is 20.5 Å². The van der Waals surface area contributed by atoms with Gasteiger partial charge in [0.15, 0.2) is 5.82 Å². The van der Waals surface area contributed by atoms with Gasteiger partial charge in [0, 0.05) is 30.8 Å². The van der Waals surface area contributed by atoms with E-state index < -0.39 is 10.0 Å². The molecular weight excluding hydrogens is 414 g/mol. The lowest BCUT2D eigenvalue weighted by atomic mass is 10.0. The van der Waals surface area contributed by atoms with Crippen molar-refractivity contribution in [2.45, 2.75) is 75.4 Å². The molecule has 2 aromatic heterocycles. The smallest absolute Gasteiger partial charge is 0.239 e. The number of rotatable bonds is 9. The van der Waals surface area contributed by atoms with E-state index in [-0.39, 0.29) is 18.4 Å². The molecule has 0 saturated heterocycles. The summed E-state index contributed by atoms with van der Waals surface area (Å²) in [6, 6.07) is 7.35. The monoisotopic (exact) mass is 447 g/mol. The number of hydrogen-bond acceptors (Lipinski definition) is 6. The molecule has 3 N–H and O–H groups in total. The first-order chi connectivity index (χ1) is 15.1. The van der Waals surface area contributed by atoms with Crippen LogP contribution >= 0.6 is 0 Å². The number of hydrogen-bond donors (Lipinski definition) is 3. The van der Waals surface area contributed by atoms with Crippen molar-refractivity contribution in [1.29, 1.82) is 0 Å². The average Bonchev–Trinajstić information content (AvgIpc) is 3.47. The van der Waals surface area contributed by atoms with Crippen LogP contribution in [0.3, 0.4) is 0 Å². The van der Waals surface area contributed by atoms with E-state index in [4.69, 9.17) is 0 Å². The summed E-state index contributed by atoms with van der Waals surface area (Å²) in [6.07, 6.45) is 9.61. The number of sulfonamides is 1. The van der Waals surface area contributed by atoms with Gasteiger partial charge in [0.1, 0.15) is 11.6 Å². The first kappa shape index (κ1) is 22.1. The van der Waals surface area contributed by atoms with Crippen LogP contribution in [0.5, 0.6) is 0 Å². The minimum absolute atomic E-state index is 0.0636. The van der Waals surface area contributed by atoms with Crippen molar-refractivity contribution in [3.63, 3.8) is 0 Å². The molecule has 8 nitrogen and oxygen atoms in total. The Bertz CT molecular complexity index is 950. The lowest BCUT2D eigenvalue weighted by molar-refractivity contribution is 0.291. The SMILES string of the molecule is O=S(=O)(C1CCCCC1)N(CCCO)c1cccc(Nc2cc(C3CCCC3)[nH]n2)n1. The molecule has 2 aliphatic rings. The molecule has 9 heteroatoms. The number of aliphatic hydroxyl groups excluding tert-OH is 1. The Labute approximate surface area is 184 Å². The van der Waals surface area contributed by atoms with E-state index >= 15 is 0 Å². The largest absolute Gasteiger partial charge is 0.396 e. The zero-order chi connectivity index (χ0) is 21.7. The topological polar surface area (TPSA) is 111 Å². The normalized spacial score (nSPS) is 18.4. The molecule has 2 heterocycles. The maximum atomic E-state index is 13.4. The zero-order valence-electron chi connectivity index (χ0n) is 18.0. The van der Waals surface area contributed by atoms with E-state index in [0.717, 1.165) is 25.0 Å². The summed E-state index contributed by atoms with van der Waals surface area (Å²) in [7, 11) is -3.54. The third kappa shape index (κ3) is 5.20. The summed E-state index contributed by atoms with van der Waals surface area (Å²) in [5.74, 6) is 2.16. The molecule has 2 saturated carbocycles. The van der Waals surface area contributed by atoms with Gasteiger partial charge in [-0.3, -0.25) is 9.40 Å². The quantitative estimate of drug-likeness (QED) is 0.535. The molecule has 0 amide bonds. The highest BCUT2D eigenvalue weighted by Crippen LogP contribution is 2.34. The second-order valence-electron chi connectivity index (χ2n) is 8.65. The van der Waals surface area contributed by atoms with E-state index in [1.165, 1.54) is 30.0 Å². The number of aliphatic hydroxyl groups is 1. The van der Waals surface area contributed by atoms with Crippen molar-refractivity contribution < 1.29 is 13.5 Å². The number of aromatic nitrogens is 3. The fourth-order valence-electron chi connectivity index (χ4n) is 4.74. The van der Waals surface area contributed by atoms with Gasteiger partial charge in [-0.05, 0) is 44.2 Å². The summed E-state index contributed by atoms with van der Waals surface area (Å²) in [4.78, 5) is 4.59. The molecule has 0 aliphatic heterocycles. The standard InChI is InChI=1S/C22H33N5O3S/c28-15-7-14-27(31(29,30)18-10-2-1-3-11-18)22-13-6-12-20(24-22)23-21-16-19(25-26-21)17-8-4-5-9-17/h6,12-13,16-18,28H,1-5,7-11,14-15H2,(H2,23,24,25,26). The van der Waals surface area contributed by atoms with Crippen molar-refractivity contribution in [2.75, 3.05) is 22.8 Å². The van der Waals surface area contributed by atoms with Crippen LogP contribution in [0.4, 0.5) is 17.5 Å². The van der Waals surface area contributed by atoms with Crippen LogP contribution < -0.4 is 9.62 Å². The number of aromatic amines is 1. The molecule has 2 fully saturated rings. The summed E-state index contributed by atoms with van der Waals surface area (Å²) in [5.41, 5.74) is 1.14. The molecule has 0 atom stereocenters. The van der Waals surface area contributed by atoms with Gasteiger partial charge >= 0.3 is 0 Å². The van der Waals surface area contributed by atoms with Gasteiger partial charge in [-0.2, -0.15) is 5.10 Å². The van der Waals surface area contributed by atoms with Crippen LogP contribution in [-0.4, -0.2) is 47.1 Å². The van der Waals surface area contributed by atoms with Gasteiger partial charge in [0.05, 0.1) is 5.25 Å². The molecule has 0 aromatic carbocycles.